The summed E-state index contributed by atoms with van der Waals surface area (Å²) in [4.78, 5) is 16.1. The number of nitrogens with one attached hydrogen (secondary N) is 3. The van der Waals surface area contributed by atoms with Crippen molar-refractivity contribution in [2.75, 3.05) is 33.3 Å². The topological polar surface area (TPSA) is 85.8 Å². The third kappa shape index (κ3) is 8.26. The molecule has 4 N–H and O–H groups in total. The summed E-state index contributed by atoms with van der Waals surface area (Å²) in [5.74, 6) is 0.625. The molecule has 0 saturated carbocycles. The maximum Gasteiger partial charge on any atom is 0.251 e. The Morgan fingerprint density at radius 1 is 0.964 bits per heavy atom. The van der Waals surface area contributed by atoms with E-state index in [0.717, 1.165) is 12.0 Å². The summed E-state index contributed by atoms with van der Waals surface area (Å²) in [5, 5.41) is 19.0. The molecule has 0 aromatic heterocycles. The van der Waals surface area contributed by atoms with Gasteiger partial charge in [-0.1, -0.05) is 48.5 Å². The maximum absolute atomic E-state index is 12.0. The third-order valence-corrected chi connectivity index (χ3v) is 4.20. The highest BCUT2D eigenvalue weighted by Crippen LogP contribution is 2.13. The van der Waals surface area contributed by atoms with Gasteiger partial charge in [-0.05, 0) is 24.1 Å². The van der Waals surface area contributed by atoms with Crippen LogP contribution < -0.4 is 16.0 Å². The lowest BCUT2D eigenvalue weighted by atomic mass is 10.0. The minimum atomic E-state index is -0.0632. The van der Waals surface area contributed by atoms with Crippen LogP contribution in [0.2, 0.25) is 0 Å². The summed E-state index contributed by atoms with van der Waals surface area (Å²) >= 11 is 0. The number of aliphatic imine (C=N–C) groups is 1. The van der Waals surface area contributed by atoms with Crippen LogP contribution in [-0.4, -0.2) is 50.3 Å². The van der Waals surface area contributed by atoms with Gasteiger partial charge in [-0.15, -0.1) is 24.0 Å². The maximum atomic E-state index is 12.0. The van der Waals surface area contributed by atoms with E-state index in [0.29, 0.717) is 31.2 Å². The fourth-order valence-corrected chi connectivity index (χ4v) is 2.64. The van der Waals surface area contributed by atoms with Crippen molar-refractivity contribution < 1.29 is 9.90 Å². The first-order valence-corrected chi connectivity index (χ1v) is 9.18. The Morgan fingerprint density at radius 2 is 1.57 bits per heavy atom. The first-order chi connectivity index (χ1) is 13.2. The predicted molar refractivity (Wildman–Crippen MR) is 124 cm³/mol. The molecule has 0 aliphatic carbocycles. The average molecular weight is 496 g/mol. The summed E-state index contributed by atoms with van der Waals surface area (Å²) in [6.45, 7) is 1.93. The molecule has 0 aliphatic heterocycles. The summed E-state index contributed by atoms with van der Waals surface area (Å²) in [6, 6.07) is 19.1. The number of aliphatic hydroxyl groups excluding tert-OH is 1. The standard InChI is InChI=1S/C21H28N4O2.HI/c1-22-21(25-15-19(16-26)17-9-4-2-5-10-17)24-14-8-13-23-20(27)18-11-6-3-7-12-18;/h2-7,9-12,19,26H,8,13-16H2,1H3,(H,23,27)(H2,22,24,25);1H. The van der Waals surface area contributed by atoms with Crippen LogP contribution in [0.25, 0.3) is 0 Å². The van der Waals surface area contributed by atoms with E-state index in [-0.39, 0.29) is 42.4 Å². The zero-order valence-electron chi connectivity index (χ0n) is 16.1. The lowest BCUT2D eigenvalue weighted by Crippen LogP contribution is -2.41. The molecule has 0 spiro atoms. The van der Waals surface area contributed by atoms with Crippen molar-refractivity contribution in [2.45, 2.75) is 12.3 Å². The van der Waals surface area contributed by atoms with E-state index in [1.165, 1.54) is 0 Å². The average Bonchev–Trinajstić information content (AvgIpc) is 2.73. The molecule has 7 heteroatoms. The molecule has 0 bridgehead atoms. The molecule has 0 saturated heterocycles. The second-order valence-corrected chi connectivity index (χ2v) is 6.15. The Balaban J connectivity index is 0.00000392. The van der Waals surface area contributed by atoms with E-state index in [9.17, 15) is 9.90 Å². The second kappa shape index (κ2) is 14.0. The zero-order chi connectivity index (χ0) is 19.3. The number of aliphatic hydroxyl groups is 1. The van der Waals surface area contributed by atoms with Gasteiger partial charge in [0.25, 0.3) is 5.91 Å². The van der Waals surface area contributed by atoms with Gasteiger partial charge >= 0.3 is 0 Å². The van der Waals surface area contributed by atoms with E-state index < -0.39 is 0 Å². The van der Waals surface area contributed by atoms with Gasteiger partial charge in [-0.3, -0.25) is 9.79 Å². The molecular weight excluding hydrogens is 467 g/mol. The molecule has 0 heterocycles. The van der Waals surface area contributed by atoms with E-state index >= 15 is 0 Å². The number of rotatable bonds is 9. The molecule has 0 radical (unpaired) electrons. The normalized spacial score (nSPS) is 11.9. The Bertz CT molecular complexity index is 711. The highest BCUT2D eigenvalue weighted by atomic mass is 127. The zero-order valence-corrected chi connectivity index (χ0v) is 18.4. The molecule has 0 aliphatic rings. The van der Waals surface area contributed by atoms with Crippen molar-refractivity contribution in [1.82, 2.24) is 16.0 Å². The third-order valence-electron chi connectivity index (χ3n) is 4.20. The van der Waals surface area contributed by atoms with Crippen molar-refractivity contribution in [3.63, 3.8) is 0 Å². The van der Waals surface area contributed by atoms with Gasteiger partial charge in [0.05, 0.1) is 6.61 Å². The van der Waals surface area contributed by atoms with Crippen molar-refractivity contribution in [1.29, 1.82) is 0 Å². The number of guanidine groups is 1. The minimum absolute atomic E-state index is 0. The molecule has 2 aromatic rings. The molecule has 0 fully saturated rings. The number of hydrogen-bond donors (Lipinski definition) is 4. The van der Waals surface area contributed by atoms with E-state index in [1.54, 1.807) is 19.2 Å². The van der Waals surface area contributed by atoms with Gasteiger partial charge in [0.15, 0.2) is 5.96 Å². The van der Waals surface area contributed by atoms with Crippen molar-refractivity contribution in [3.05, 3.63) is 71.8 Å². The first kappa shape index (κ1) is 23.9. The molecule has 28 heavy (non-hydrogen) atoms. The molecule has 1 amide bonds. The number of hydrogen-bond acceptors (Lipinski definition) is 3. The van der Waals surface area contributed by atoms with Gasteiger partial charge in [-0.25, -0.2) is 0 Å². The Labute approximate surface area is 183 Å². The molecule has 1 atom stereocenters. The number of nitrogens with zero attached hydrogens (tertiary/aromatic N) is 1. The van der Waals surface area contributed by atoms with Crippen LogP contribution in [0.3, 0.4) is 0 Å². The predicted octanol–water partition coefficient (Wildman–Crippen LogP) is 2.37. The number of benzene rings is 2. The Hall–Kier alpha value is -2.13. The molecular formula is C21H29IN4O2. The summed E-state index contributed by atoms with van der Waals surface area (Å²) < 4.78 is 0. The molecule has 2 rings (SSSR count). The molecule has 1 unspecified atom stereocenters. The van der Waals surface area contributed by atoms with Gasteiger partial charge in [0.2, 0.25) is 0 Å². The van der Waals surface area contributed by atoms with Gasteiger partial charge < -0.3 is 21.1 Å². The molecule has 6 nitrogen and oxygen atoms in total. The first-order valence-electron chi connectivity index (χ1n) is 9.18. The SMILES string of the molecule is CN=C(NCCCNC(=O)c1ccccc1)NCC(CO)c1ccccc1.I. The summed E-state index contributed by atoms with van der Waals surface area (Å²) in [6.07, 6.45) is 0.779. The van der Waals surface area contributed by atoms with Crippen molar-refractivity contribution in [2.24, 2.45) is 4.99 Å². The fourth-order valence-electron chi connectivity index (χ4n) is 2.64. The van der Waals surface area contributed by atoms with Crippen LogP contribution in [-0.2, 0) is 0 Å². The van der Waals surface area contributed by atoms with E-state index in [1.807, 2.05) is 48.5 Å². The van der Waals surface area contributed by atoms with Crippen LogP contribution in [0.4, 0.5) is 0 Å². The highest BCUT2D eigenvalue weighted by molar-refractivity contribution is 14.0. The van der Waals surface area contributed by atoms with Crippen LogP contribution >= 0.6 is 24.0 Å². The van der Waals surface area contributed by atoms with Gasteiger partial charge in [-0.2, -0.15) is 0 Å². The molecule has 2 aromatic carbocycles. The second-order valence-electron chi connectivity index (χ2n) is 6.15. The van der Waals surface area contributed by atoms with E-state index in [4.69, 9.17) is 0 Å². The number of halogens is 1. The van der Waals surface area contributed by atoms with Crippen molar-refractivity contribution >= 4 is 35.8 Å². The fraction of sp³-hybridized carbons (Fsp3) is 0.333. The Morgan fingerprint density at radius 3 is 2.18 bits per heavy atom. The quantitative estimate of drug-likeness (QED) is 0.186. The number of carbonyl (C=O) groups excluding carboxylic acids is 1. The van der Waals surface area contributed by atoms with Gasteiger partial charge in [0.1, 0.15) is 0 Å². The van der Waals surface area contributed by atoms with Crippen molar-refractivity contribution in [3.8, 4) is 0 Å². The van der Waals surface area contributed by atoms with Crippen LogP contribution in [0.1, 0.15) is 28.3 Å². The largest absolute Gasteiger partial charge is 0.396 e. The summed E-state index contributed by atoms with van der Waals surface area (Å²) in [7, 11) is 1.71. The van der Waals surface area contributed by atoms with E-state index in [2.05, 4.69) is 20.9 Å². The Kier molecular flexibility index (Phi) is 11.9. The van der Waals surface area contributed by atoms with Crippen LogP contribution in [0.5, 0.6) is 0 Å². The summed E-state index contributed by atoms with van der Waals surface area (Å²) in [5.41, 5.74) is 1.76. The van der Waals surface area contributed by atoms with Gasteiger partial charge in [0, 0.05) is 38.2 Å². The smallest absolute Gasteiger partial charge is 0.251 e. The van der Waals surface area contributed by atoms with Crippen LogP contribution in [0, 0.1) is 0 Å². The highest BCUT2D eigenvalue weighted by Gasteiger charge is 2.10. The number of carbonyl (C=O) groups is 1. The minimum Gasteiger partial charge on any atom is -0.396 e. The van der Waals surface area contributed by atoms with Crippen LogP contribution in [0.15, 0.2) is 65.7 Å². The monoisotopic (exact) mass is 496 g/mol. The lowest BCUT2D eigenvalue weighted by molar-refractivity contribution is 0.0953. The lowest BCUT2D eigenvalue weighted by Gasteiger charge is -2.18. The molecule has 152 valence electrons. The number of amides is 1.